The molecule has 1 heterocycles. The van der Waals surface area contributed by atoms with Gasteiger partial charge in [0.25, 0.3) is 0 Å². The summed E-state index contributed by atoms with van der Waals surface area (Å²) in [6.07, 6.45) is 8.11. The number of hydrogen-bond donors (Lipinski definition) is 2. The van der Waals surface area contributed by atoms with E-state index in [1.807, 2.05) is 0 Å². The zero-order valence-electron chi connectivity index (χ0n) is 13.7. The normalized spacial score (nSPS) is 23.5. The van der Waals surface area contributed by atoms with Gasteiger partial charge in [-0.25, -0.2) is 0 Å². The lowest BCUT2D eigenvalue weighted by molar-refractivity contribution is 0.159. The summed E-state index contributed by atoms with van der Waals surface area (Å²) in [4.78, 5) is 7.29. The van der Waals surface area contributed by atoms with Crippen molar-refractivity contribution in [3.8, 4) is 0 Å². The van der Waals surface area contributed by atoms with Crippen LogP contribution in [0, 0.1) is 5.92 Å². The van der Waals surface area contributed by atoms with E-state index in [9.17, 15) is 0 Å². The van der Waals surface area contributed by atoms with Crippen molar-refractivity contribution in [3.05, 3.63) is 0 Å². The third-order valence-corrected chi connectivity index (χ3v) is 4.40. The lowest BCUT2D eigenvalue weighted by atomic mass is 10.0. The van der Waals surface area contributed by atoms with Crippen molar-refractivity contribution in [2.24, 2.45) is 10.9 Å². The molecule has 1 saturated heterocycles. The molecule has 1 atom stereocenters. The molecule has 0 aromatic rings. The van der Waals surface area contributed by atoms with Crippen LogP contribution < -0.4 is 10.6 Å². The Balaban J connectivity index is 0.00000220. The minimum Gasteiger partial charge on any atom is -0.357 e. The van der Waals surface area contributed by atoms with Crippen molar-refractivity contribution < 1.29 is 0 Å². The molecule has 1 aliphatic heterocycles. The third kappa shape index (κ3) is 7.68. The summed E-state index contributed by atoms with van der Waals surface area (Å²) in [5.74, 6) is 1.87. The molecule has 0 bridgehead atoms. The number of nitrogens with one attached hydrogen (secondary N) is 2. The number of halogens is 1. The summed E-state index contributed by atoms with van der Waals surface area (Å²) < 4.78 is 0. The van der Waals surface area contributed by atoms with Gasteiger partial charge in [-0.2, -0.15) is 0 Å². The molecule has 0 spiro atoms. The molecule has 1 unspecified atom stereocenters. The van der Waals surface area contributed by atoms with Crippen molar-refractivity contribution in [2.75, 3.05) is 32.7 Å². The van der Waals surface area contributed by atoms with Crippen molar-refractivity contribution in [1.82, 2.24) is 15.5 Å². The van der Waals surface area contributed by atoms with E-state index in [0.717, 1.165) is 37.6 Å². The molecule has 4 nitrogen and oxygen atoms in total. The second-order valence-corrected chi connectivity index (χ2v) is 6.32. The molecular formula is C16H33IN4. The first kappa shape index (κ1) is 19.0. The number of hydrogen-bond acceptors (Lipinski definition) is 2. The maximum absolute atomic E-state index is 4.66. The van der Waals surface area contributed by atoms with E-state index < -0.39 is 0 Å². The number of rotatable bonds is 7. The molecule has 2 aliphatic rings. The van der Waals surface area contributed by atoms with Crippen molar-refractivity contribution in [2.45, 2.75) is 58.4 Å². The summed E-state index contributed by atoms with van der Waals surface area (Å²) in [5.41, 5.74) is 0. The molecule has 1 saturated carbocycles. The molecule has 5 heteroatoms. The Morgan fingerprint density at radius 3 is 2.67 bits per heavy atom. The average Bonchev–Trinajstić information content (AvgIpc) is 3.26. The molecule has 0 aromatic heterocycles. The summed E-state index contributed by atoms with van der Waals surface area (Å²) in [6, 6.07) is 0.778. The molecule has 0 radical (unpaired) electrons. The highest BCUT2D eigenvalue weighted by Gasteiger charge is 2.20. The number of piperidine rings is 1. The maximum Gasteiger partial charge on any atom is 0.191 e. The summed E-state index contributed by atoms with van der Waals surface area (Å²) in [7, 11) is 0. The summed E-state index contributed by atoms with van der Waals surface area (Å²) >= 11 is 0. The van der Waals surface area contributed by atoms with E-state index >= 15 is 0 Å². The van der Waals surface area contributed by atoms with Gasteiger partial charge in [-0.15, -0.1) is 24.0 Å². The van der Waals surface area contributed by atoms with Gasteiger partial charge in [0.2, 0.25) is 0 Å². The van der Waals surface area contributed by atoms with Gasteiger partial charge in [-0.05, 0) is 58.4 Å². The van der Waals surface area contributed by atoms with E-state index in [-0.39, 0.29) is 24.0 Å². The van der Waals surface area contributed by atoms with Crippen LogP contribution in [0.1, 0.15) is 52.4 Å². The topological polar surface area (TPSA) is 39.7 Å². The second-order valence-electron chi connectivity index (χ2n) is 6.32. The number of guanidine groups is 1. The molecule has 124 valence electrons. The molecule has 1 aliphatic carbocycles. The van der Waals surface area contributed by atoms with Gasteiger partial charge in [0.15, 0.2) is 5.96 Å². The molecule has 21 heavy (non-hydrogen) atoms. The molecule has 0 aromatic carbocycles. The number of aliphatic imine (C=N–C) groups is 1. The lowest BCUT2D eigenvalue weighted by Crippen LogP contribution is -2.41. The molecule has 2 fully saturated rings. The van der Waals surface area contributed by atoms with Crippen molar-refractivity contribution in [3.63, 3.8) is 0 Å². The van der Waals surface area contributed by atoms with Crippen LogP contribution in [0.2, 0.25) is 0 Å². The standard InChI is InChI=1S/C16H32N4.HI/c1-3-17-16(19-13-15-8-9-15)18-10-6-12-20-11-5-4-7-14(20)2;/h14-15H,3-13H2,1-2H3,(H2,17,18,19);1H. The number of nitrogens with zero attached hydrogens (tertiary/aromatic N) is 2. The fourth-order valence-electron chi connectivity index (χ4n) is 2.84. The summed E-state index contributed by atoms with van der Waals surface area (Å²) in [5, 5.41) is 6.81. The van der Waals surface area contributed by atoms with E-state index in [2.05, 4.69) is 34.4 Å². The van der Waals surface area contributed by atoms with Crippen LogP contribution in [0.15, 0.2) is 4.99 Å². The molecule has 2 N–H and O–H groups in total. The largest absolute Gasteiger partial charge is 0.357 e. The van der Waals surface area contributed by atoms with Crippen LogP contribution >= 0.6 is 24.0 Å². The van der Waals surface area contributed by atoms with Gasteiger partial charge < -0.3 is 15.5 Å². The SMILES string of the molecule is CCNC(=NCC1CC1)NCCCN1CCCCC1C.I. The fraction of sp³-hybridized carbons (Fsp3) is 0.938. The van der Waals surface area contributed by atoms with Crippen LogP contribution in [0.25, 0.3) is 0 Å². The minimum absolute atomic E-state index is 0. The highest BCUT2D eigenvalue weighted by Crippen LogP contribution is 2.28. The van der Waals surface area contributed by atoms with Gasteiger partial charge >= 0.3 is 0 Å². The van der Waals surface area contributed by atoms with Gasteiger partial charge in [0.1, 0.15) is 0 Å². The predicted molar refractivity (Wildman–Crippen MR) is 102 cm³/mol. The van der Waals surface area contributed by atoms with Crippen molar-refractivity contribution >= 4 is 29.9 Å². The summed E-state index contributed by atoms with van der Waals surface area (Å²) in [6.45, 7) is 9.97. The molecule has 2 rings (SSSR count). The van der Waals surface area contributed by atoms with Crippen LogP contribution in [0.5, 0.6) is 0 Å². The first-order valence-corrected chi connectivity index (χ1v) is 8.56. The Kier molecular flexibility index (Phi) is 9.64. The highest BCUT2D eigenvalue weighted by atomic mass is 127. The molecular weight excluding hydrogens is 375 g/mol. The quantitative estimate of drug-likeness (QED) is 0.295. The monoisotopic (exact) mass is 408 g/mol. The zero-order chi connectivity index (χ0) is 14.2. The van der Waals surface area contributed by atoms with Gasteiger partial charge in [0.05, 0.1) is 0 Å². The molecule has 0 amide bonds. The Hall–Kier alpha value is -0.0400. The third-order valence-electron chi connectivity index (χ3n) is 4.40. The maximum atomic E-state index is 4.66. The van der Waals surface area contributed by atoms with E-state index in [1.165, 1.54) is 51.6 Å². The highest BCUT2D eigenvalue weighted by molar-refractivity contribution is 14.0. The van der Waals surface area contributed by atoms with Crippen LogP contribution in [0.4, 0.5) is 0 Å². The van der Waals surface area contributed by atoms with Gasteiger partial charge in [0, 0.05) is 32.2 Å². The Labute approximate surface area is 147 Å². The van der Waals surface area contributed by atoms with Gasteiger partial charge in [-0.1, -0.05) is 6.42 Å². The number of likely N-dealkylation sites (tertiary alicyclic amines) is 1. The fourth-order valence-corrected chi connectivity index (χ4v) is 2.84. The van der Waals surface area contributed by atoms with Gasteiger partial charge in [-0.3, -0.25) is 4.99 Å². The zero-order valence-corrected chi connectivity index (χ0v) is 16.1. The first-order valence-electron chi connectivity index (χ1n) is 8.56. The van der Waals surface area contributed by atoms with Crippen LogP contribution in [-0.4, -0.2) is 49.6 Å². The second kappa shape index (κ2) is 10.6. The smallest absolute Gasteiger partial charge is 0.191 e. The van der Waals surface area contributed by atoms with E-state index in [1.54, 1.807) is 0 Å². The van der Waals surface area contributed by atoms with Crippen LogP contribution in [-0.2, 0) is 0 Å². The Morgan fingerprint density at radius 1 is 1.19 bits per heavy atom. The Bertz CT molecular complexity index is 305. The van der Waals surface area contributed by atoms with E-state index in [4.69, 9.17) is 0 Å². The Morgan fingerprint density at radius 2 is 2.00 bits per heavy atom. The minimum atomic E-state index is 0. The van der Waals surface area contributed by atoms with Crippen molar-refractivity contribution in [1.29, 1.82) is 0 Å². The predicted octanol–water partition coefficient (Wildman–Crippen LogP) is 2.83. The first-order chi connectivity index (χ1) is 9.79. The van der Waals surface area contributed by atoms with E-state index in [0.29, 0.717) is 0 Å². The average molecular weight is 408 g/mol. The van der Waals surface area contributed by atoms with Crippen LogP contribution in [0.3, 0.4) is 0 Å². The lowest BCUT2D eigenvalue weighted by Gasteiger charge is -2.33.